The van der Waals surface area contributed by atoms with E-state index in [9.17, 15) is 14.4 Å². The number of allylic oxidation sites excluding steroid dienone is 1. The first-order valence-electron chi connectivity index (χ1n) is 17.4. The molecule has 2 aromatic heterocycles. The van der Waals surface area contributed by atoms with Gasteiger partial charge in [-0.3, -0.25) is 19.9 Å². The summed E-state index contributed by atoms with van der Waals surface area (Å²) in [5.41, 5.74) is 6.22. The fraction of sp³-hybridized carbons (Fsp3) is 0.325. The van der Waals surface area contributed by atoms with Crippen molar-refractivity contribution < 1.29 is 19.1 Å². The molecule has 272 valence electrons. The summed E-state index contributed by atoms with van der Waals surface area (Å²) in [6, 6.07) is 16.6. The lowest BCUT2D eigenvalue weighted by molar-refractivity contribution is -0.123. The normalized spacial score (nSPS) is 13.5. The van der Waals surface area contributed by atoms with Gasteiger partial charge in [0, 0.05) is 61.2 Å². The van der Waals surface area contributed by atoms with E-state index in [1.54, 1.807) is 29.9 Å². The molecule has 0 bridgehead atoms. The minimum atomic E-state index is -0.412. The number of amides is 4. The summed E-state index contributed by atoms with van der Waals surface area (Å²) < 4.78 is 7.96. The number of rotatable bonds is 13. The second-order valence-electron chi connectivity index (χ2n) is 13.8. The molecule has 12 nitrogen and oxygen atoms in total. The SMILES string of the molecule is C=C(c1ccc(-n2nc(C(C)(C)C)cc2NC(=O)Nc2ccc(OCCc3cccnc3)c3c2C=CCC3C)cc1)N(CC(=O)NC)CC(=O)NC. The van der Waals surface area contributed by atoms with Gasteiger partial charge in [0.15, 0.2) is 0 Å². The predicted octanol–water partition coefficient (Wildman–Crippen LogP) is 6.12. The molecular formula is C40H48N8O4. The predicted molar refractivity (Wildman–Crippen MR) is 206 cm³/mol. The van der Waals surface area contributed by atoms with Gasteiger partial charge in [-0.15, -0.1) is 0 Å². The maximum absolute atomic E-state index is 13.6. The van der Waals surface area contributed by atoms with Crippen LogP contribution in [-0.4, -0.2) is 71.3 Å². The first kappa shape index (κ1) is 37.3. The van der Waals surface area contributed by atoms with Crippen LogP contribution in [0.3, 0.4) is 0 Å². The molecule has 0 radical (unpaired) electrons. The molecule has 1 aliphatic rings. The van der Waals surface area contributed by atoms with Crippen molar-refractivity contribution in [2.45, 2.75) is 51.9 Å². The molecule has 4 amide bonds. The summed E-state index contributed by atoms with van der Waals surface area (Å²) in [6.45, 7) is 13.0. The van der Waals surface area contributed by atoms with E-state index in [1.807, 2.05) is 66.9 Å². The van der Waals surface area contributed by atoms with Crippen LogP contribution >= 0.6 is 0 Å². The number of aromatic nitrogens is 3. The number of ether oxygens (including phenoxy) is 1. The van der Waals surface area contributed by atoms with Gasteiger partial charge in [0.1, 0.15) is 11.6 Å². The zero-order chi connectivity index (χ0) is 37.4. The summed E-state index contributed by atoms with van der Waals surface area (Å²) in [7, 11) is 3.09. The molecule has 4 aromatic rings. The third kappa shape index (κ3) is 9.05. The van der Waals surface area contributed by atoms with Crippen molar-refractivity contribution in [3.8, 4) is 11.4 Å². The Morgan fingerprint density at radius 1 is 1.00 bits per heavy atom. The second-order valence-corrected chi connectivity index (χ2v) is 13.8. The maximum atomic E-state index is 13.6. The Balaban J connectivity index is 1.36. The molecule has 2 aromatic carbocycles. The van der Waals surface area contributed by atoms with Gasteiger partial charge < -0.3 is 25.6 Å². The number of urea groups is 1. The van der Waals surface area contributed by atoms with Crippen LogP contribution in [0.4, 0.5) is 16.3 Å². The van der Waals surface area contributed by atoms with Crippen molar-refractivity contribution in [2.75, 3.05) is 44.4 Å². The number of nitrogens with one attached hydrogen (secondary N) is 4. The van der Waals surface area contributed by atoms with Crippen molar-refractivity contribution in [2.24, 2.45) is 0 Å². The molecule has 5 rings (SSSR count). The number of fused-ring (bicyclic) bond motifs is 1. The van der Waals surface area contributed by atoms with Crippen LogP contribution in [-0.2, 0) is 21.4 Å². The van der Waals surface area contributed by atoms with Gasteiger partial charge in [-0.1, -0.05) is 64.6 Å². The number of pyridine rings is 1. The van der Waals surface area contributed by atoms with Gasteiger partial charge >= 0.3 is 6.03 Å². The fourth-order valence-corrected chi connectivity index (χ4v) is 5.90. The zero-order valence-electron chi connectivity index (χ0n) is 30.7. The number of hydrogen-bond acceptors (Lipinski definition) is 7. The van der Waals surface area contributed by atoms with Gasteiger partial charge in [0.05, 0.1) is 36.8 Å². The van der Waals surface area contributed by atoms with E-state index in [1.165, 1.54) is 0 Å². The van der Waals surface area contributed by atoms with E-state index in [4.69, 9.17) is 9.84 Å². The van der Waals surface area contributed by atoms with E-state index < -0.39 is 6.03 Å². The van der Waals surface area contributed by atoms with Crippen LogP contribution in [0.15, 0.2) is 79.6 Å². The number of hydrogen-bond donors (Lipinski definition) is 4. The Bertz CT molecular complexity index is 1930. The molecule has 52 heavy (non-hydrogen) atoms. The molecule has 0 saturated carbocycles. The zero-order valence-corrected chi connectivity index (χ0v) is 30.7. The van der Waals surface area contributed by atoms with Crippen molar-refractivity contribution in [1.82, 2.24) is 30.3 Å². The number of carbonyl (C=O) groups excluding carboxylic acids is 3. The van der Waals surface area contributed by atoms with Crippen molar-refractivity contribution in [3.05, 3.63) is 108 Å². The third-order valence-corrected chi connectivity index (χ3v) is 8.91. The lowest BCUT2D eigenvalue weighted by atomic mass is 9.86. The van der Waals surface area contributed by atoms with E-state index in [-0.39, 0.29) is 36.2 Å². The Morgan fingerprint density at radius 3 is 2.35 bits per heavy atom. The van der Waals surface area contributed by atoms with Gasteiger partial charge in [-0.05, 0) is 53.8 Å². The molecule has 1 atom stereocenters. The maximum Gasteiger partial charge on any atom is 0.324 e. The minimum absolute atomic E-state index is 0.0262. The first-order chi connectivity index (χ1) is 24.9. The number of benzene rings is 2. The Hall–Kier alpha value is -5.91. The van der Waals surface area contributed by atoms with Gasteiger partial charge in [-0.2, -0.15) is 5.10 Å². The highest BCUT2D eigenvalue weighted by Gasteiger charge is 2.24. The summed E-state index contributed by atoms with van der Waals surface area (Å²) >= 11 is 0. The molecular weight excluding hydrogens is 656 g/mol. The van der Waals surface area contributed by atoms with Gasteiger partial charge in [0.2, 0.25) is 11.8 Å². The molecule has 0 fully saturated rings. The quantitative estimate of drug-likeness (QED) is 0.132. The largest absolute Gasteiger partial charge is 0.493 e. The molecule has 12 heteroatoms. The summed E-state index contributed by atoms with van der Waals surface area (Å²) in [5, 5.41) is 16.1. The third-order valence-electron chi connectivity index (χ3n) is 8.91. The average molecular weight is 705 g/mol. The molecule has 2 heterocycles. The van der Waals surface area contributed by atoms with E-state index in [2.05, 4.69) is 66.6 Å². The molecule has 0 aliphatic heterocycles. The van der Waals surface area contributed by atoms with E-state index in [0.717, 1.165) is 46.5 Å². The van der Waals surface area contributed by atoms with Gasteiger partial charge in [0.25, 0.3) is 0 Å². The first-order valence-corrected chi connectivity index (χ1v) is 17.4. The summed E-state index contributed by atoms with van der Waals surface area (Å²) in [5.74, 6) is 1.03. The summed E-state index contributed by atoms with van der Waals surface area (Å²) in [6.07, 6.45) is 9.39. The fourth-order valence-electron chi connectivity index (χ4n) is 5.90. The molecule has 0 saturated heterocycles. The van der Waals surface area contributed by atoms with Crippen LogP contribution in [0, 0.1) is 0 Å². The van der Waals surface area contributed by atoms with E-state index >= 15 is 0 Å². The van der Waals surface area contributed by atoms with Crippen molar-refractivity contribution in [1.29, 1.82) is 0 Å². The molecule has 1 aliphatic carbocycles. The number of carbonyl (C=O) groups is 3. The monoisotopic (exact) mass is 704 g/mol. The smallest absolute Gasteiger partial charge is 0.324 e. The van der Waals surface area contributed by atoms with Crippen LogP contribution in [0.5, 0.6) is 5.75 Å². The van der Waals surface area contributed by atoms with E-state index in [0.29, 0.717) is 29.5 Å². The Kier molecular flexibility index (Phi) is 11.8. The number of likely N-dealkylation sites (N-methyl/N-ethyl adjacent to an activating group) is 2. The van der Waals surface area contributed by atoms with Crippen LogP contribution in [0.25, 0.3) is 17.5 Å². The average Bonchev–Trinajstić information content (AvgIpc) is 3.56. The molecule has 0 spiro atoms. The van der Waals surface area contributed by atoms with Crippen molar-refractivity contribution >= 4 is 41.1 Å². The second kappa shape index (κ2) is 16.4. The highest BCUT2D eigenvalue weighted by Crippen LogP contribution is 2.40. The lowest BCUT2D eigenvalue weighted by Gasteiger charge is -2.25. The van der Waals surface area contributed by atoms with Gasteiger partial charge in [-0.25, -0.2) is 9.48 Å². The highest BCUT2D eigenvalue weighted by atomic mass is 16.5. The lowest BCUT2D eigenvalue weighted by Crippen LogP contribution is -2.40. The highest BCUT2D eigenvalue weighted by molar-refractivity contribution is 6.01. The standard InChI is InChI=1S/C40H48N8O4/c1-26-10-8-12-31-32(17-18-33(38(26)31)52-21-19-28-11-9-20-43-23-28)44-39(51)45-35-22-34(40(3,4)5)46-48(35)30-15-13-29(14-16-30)27(2)47(24-36(49)41-6)25-37(50)42-7/h8-9,11-18,20,22-23,26H,2,10,19,21,24-25H2,1,3-7H3,(H,41,49)(H,42,50)(H2,44,45,51). The summed E-state index contributed by atoms with van der Waals surface area (Å²) in [4.78, 5) is 43.8. The van der Waals surface area contributed by atoms with Crippen LogP contribution in [0.2, 0.25) is 0 Å². The number of nitrogens with zero attached hydrogens (tertiary/aromatic N) is 4. The minimum Gasteiger partial charge on any atom is -0.493 e. The Labute approximate surface area is 305 Å². The van der Waals surface area contributed by atoms with Crippen LogP contribution in [0.1, 0.15) is 68.0 Å². The van der Waals surface area contributed by atoms with Crippen LogP contribution < -0.4 is 26.0 Å². The molecule has 1 unspecified atom stereocenters. The Morgan fingerprint density at radius 2 is 1.71 bits per heavy atom. The topological polar surface area (TPSA) is 143 Å². The number of anilines is 2. The van der Waals surface area contributed by atoms with Crippen molar-refractivity contribution in [3.63, 3.8) is 0 Å². The molecule has 4 N–H and O–H groups in total.